The smallest absolute Gasteiger partial charge is 0.193 e. The summed E-state index contributed by atoms with van der Waals surface area (Å²) in [6.45, 7) is 4.22. The highest BCUT2D eigenvalue weighted by Gasteiger charge is 2.39. The lowest BCUT2D eigenvalue weighted by Crippen LogP contribution is -2.58. The van der Waals surface area contributed by atoms with Gasteiger partial charge in [0.15, 0.2) is 4.96 Å². The Bertz CT molecular complexity index is 706. The third-order valence-electron chi connectivity index (χ3n) is 4.25. The Morgan fingerprint density at radius 2 is 2.10 bits per heavy atom. The number of imidazole rings is 1. The van der Waals surface area contributed by atoms with Gasteiger partial charge in [0.05, 0.1) is 5.69 Å². The Kier molecular flexibility index (Phi) is 2.69. The first-order valence-electron chi connectivity index (χ1n) is 6.94. The number of aromatic nitrogens is 2. The van der Waals surface area contributed by atoms with Crippen molar-refractivity contribution in [2.45, 2.75) is 18.8 Å². The van der Waals surface area contributed by atoms with Gasteiger partial charge in [0.2, 0.25) is 0 Å². The van der Waals surface area contributed by atoms with Crippen molar-refractivity contribution in [2.24, 2.45) is 0 Å². The van der Waals surface area contributed by atoms with E-state index in [1.54, 1.807) is 11.3 Å². The zero-order valence-corrected chi connectivity index (χ0v) is 12.3. The molecule has 1 aromatic carbocycles. The molecule has 3 heterocycles. The minimum atomic E-state index is 0.220. The lowest BCUT2D eigenvalue weighted by atomic mass is 9.72. The van der Waals surface area contributed by atoms with Crippen LogP contribution in [0.2, 0.25) is 0 Å². The highest BCUT2D eigenvalue weighted by Crippen LogP contribution is 2.32. The summed E-state index contributed by atoms with van der Waals surface area (Å²) in [5, 5.41) is 5.51. The summed E-state index contributed by atoms with van der Waals surface area (Å²) in [6, 6.07) is 8.96. The Morgan fingerprint density at radius 3 is 2.75 bits per heavy atom. The van der Waals surface area contributed by atoms with Crippen molar-refractivity contribution >= 4 is 16.3 Å². The first-order chi connectivity index (χ1) is 9.75. The molecule has 3 aromatic rings. The topological polar surface area (TPSA) is 29.3 Å². The highest BCUT2D eigenvalue weighted by molar-refractivity contribution is 7.15. The molecule has 0 bridgehead atoms. The predicted molar refractivity (Wildman–Crippen MR) is 82.5 cm³/mol. The quantitative estimate of drug-likeness (QED) is 0.801. The molecule has 0 atom stereocenters. The molecule has 0 amide bonds. The zero-order chi connectivity index (χ0) is 13.6. The number of hydrogen-bond acceptors (Lipinski definition) is 3. The Hall–Kier alpha value is -1.65. The maximum atomic E-state index is 4.74. The van der Waals surface area contributed by atoms with E-state index in [2.05, 4.69) is 58.7 Å². The van der Waals surface area contributed by atoms with Crippen LogP contribution in [0.25, 0.3) is 4.96 Å². The Morgan fingerprint density at radius 1 is 1.30 bits per heavy atom. The van der Waals surface area contributed by atoms with Crippen LogP contribution in [0.15, 0.2) is 42.0 Å². The van der Waals surface area contributed by atoms with Gasteiger partial charge in [-0.3, -0.25) is 4.40 Å². The van der Waals surface area contributed by atoms with Crippen molar-refractivity contribution in [3.05, 3.63) is 58.9 Å². The first kappa shape index (κ1) is 12.1. The van der Waals surface area contributed by atoms with Crippen molar-refractivity contribution in [1.29, 1.82) is 0 Å². The standard InChI is InChI=1S/C16H17N3S/c1-12-2-4-13(5-3-12)16(10-17-11-16)8-14-9-19-6-7-20-15(19)18-14/h2-7,9,17H,8,10-11H2,1H3. The maximum Gasteiger partial charge on any atom is 0.193 e. The van der Waals surface area contributed by atoms with Gasteiger partial charge in [-0.05, 0) is 12.5 Å². The van der Waals surface area contributed by atoms with Gasteiger partial charge in [0.25, 0.3) is 0 Å². The van der Waals surface area contributed by atoms with E-state index in [0.29, 0.717) is 0 Å². The second-order valence-electron chi connectivity index (χ2n) is 5.75. The second kappa shape index (κ2) is 4.43. The maximum absolute atomic E-state index is 4.74. The van der Waals surface area contributed by atoms with E-state index in [4.69, 9.17) is 4.98 Å². The molecule has 0 aliphatic carbocycles. The Balaban J connectivity index is 1.67. The van der Waals surface area contributed by atoms with Gasteiger partial charge < -0.3 is 5.32 Å². The molecule has 0 radical (unpaired) electrons. The summed E-state index contributed by atoms with van der Waals surface area (Å²) in [6.07, 6.45) is 5.26. The van der Waals surface area contributed by atoms with Crippen LogP contribution in [-0.4, -0.2) is 22.5 Å². The molecule has 1 aliphatic heterocycles. The fourth-order valence-corrected chi connectivity index (χ4v) is 3.69. The van der Waals surface area contributed by atoms with Crippen LogP contribution in [0.4, 0.5) is 0 Å². The molecule has 3 nitrogen and oxygen atoms in total. The molecule has 20 heavy (non-hydrogen) atoms. The van der Waals surface area contributed by atoms with Crippen LogP contribution in [0.5, 0.6) is 0 Å². The Labute approximate surface area is 122 Å². The van der Waals surface area contributed by atoms with Gasteiger partial charge in [-0.25, -0.2) is 4.98 Å². The molecule has 0 spiro atoms. The number of hydrogen-bond donors (Lipinski definition) is 1. The number of nitrogens with one attached hydrogen (secondary N) is 1. The fraction of sp³-hybridized carbons (Fsp3) is 0.312. The number of aryl methyl sites for hydroxylation is 1. The molecule has 1 fully saturated rings. The molecular formula is C16H17N3S. The van der Waals surface area contributed by atoms with Gasteiger partial charge >= 0.3 is 0 Å². The van der Waals surface area contributed by atoms with E-state index in [9.17, 15) is 0 Å². The molecule has 0 saturated carbocycles. The van der Waals surface area contributed by atoms with Gasteiger partial charge in [0, 0.05) is 42.7 Å². The van der Waals surface area contributed by atoms with Crippen molar-refractivity contribution in [1.82, 2.24) is 14.7 Å². The minimum absolute atomic E-state index is 0.220. The minimum Gasteiger partial charge on any atom is -0.315 e. The summed E-state index contributed by atoms with van der Waals surface area (Å²) in [5.74, 6) is 0. The average molecular weight is 283 g/mol. The summed E-state index contributed by atoms with van der Waals surface area (Å²) in [7, 11) is 0. The third kappa shape index (κ3) is 1.87. The first-order valence-corrected chi connectivity index (χ1v) is 7.82. The number of benzene rings is 1. The monoisotopic (exact) mass is 283 g/mol. The van der Waals surface area contributed by atoms with Crippen LogP contribution in [-0.2, 0) is 11.8 Å². The van der Waals surface area contributed by atoms with Crippen LogP contribution in [0.1, 0.15) is 16.8 Å². The average Bonchev–Trinajstić information content (AvgIpc) is 2.95. The third-order valence-corrected chi connectivity index (χ3v) is 5.02. The highest BCUT2D eigenvalue weighted by atomic mass is 32.1. The number of thiazole rings is 1. The molecule has 0 unspecified atom stereocenters. The van der Waals surface area contributed by atoms with Crippen molar-refractivity contribution in [3.8, 4) is 0 Å². The predicted octanol–water partition coefficient (Wildman–Crippen LogP) is 2.79. The van der Waals surface area contributed by atoms with Crippen LogP contribution in [0.3, 0.4) is 0 Å². The molecule has 1 N–H and O–H groups in total. The molecule has 102 valence electrons. The lowest BCUT2D eigenvalue weighted by molar-refractivity contribution is 0.273. The summed E-state index contributed by atoms with van der Waals surface area (Å²) < 4.78 is 2.12. The number of nitrogens with zero attached hydrogens (tertiary/aromatic N) is 2. The summed E-state index contributed by atoms with van der Waals surface area (Å²) in [4.78, 5) is 5.83. The van der Waals surface area contributed by atoms with Gasteiger partial charge in [-0.15, -0.1) is 11.3 Å². The SMILES string of the molecule is Cc1ccc(C2(Cc3cn4ccsc4n3)CNC2)cc1. The van der Waals surface area contributed by atoms with E-state index >= 15 is 0 Å². The molecule has 4 heteroatoms. The second-order valence-corrected chi connectivity index (χ2v) is 6.62. The molecule has 2 aromatic heterocycles. The molecule has 1 aliphatic rings. The van der Waals surface area contributed by atoms with Crippen LogP contribution < -0.4 is 5.32 Å². The van der Waals surface area contributed by atoms with Gasteiger partial charge in [-0.1, -0.05) is 29.8 Å². The van der Waals surface area contributed by atoms with Crippen LogP contribution >= 0.6 is 11.3 Å². The van der Waals surface area contributed by atoms with Gasteiger partial charge in [-0.2, -0.15) is 0 Å². The van der Waals surface area contributed by atoms with Crippen molar-refractivity contribution in [3.63, 3.8) is 0 Å². The molecular weight excluding hydrogens is 266 g/mol. The van der Waals surface area contributed by atoms with E-state index in [1.165, 1.54) is 16.8 Å². The van der Waals surface area contributed by atoms with Gasteiger partial charge in [0.1, 0.15) is 0 Å². The number of fused-ring (bicyclic) bond motifs is 1. The normalized spacial score (nSPS) is 17.2. The van der Waals surface area contributed by atoms with E-state index in [1.807, 2.05) is 0 Å². The zero-order valence-electron chi connectivity index (χ0n) is 11.5. The van der Waals surface area contributed by atoms with Crippen LogP contribution in [0, 0.1) is 6.92 Å². The largest absolute Gasteiger partial charge is 0.315 e. The summed E-state index contributed by atoms with van der Waals surface area (Å²) in [5.41, 5.74) is 4.16. The van der Waals surface area contributed by atoms with Crippen molar-refractivity contribution in [2.75, 3.05) is 13.1 Å². The van der Waals surface area contributed by atoms with E-state index < -0.39 is 0 Å². The van der Waals surface area contributed by atoms with Crippen molar-refractivity contribution < 1.29 is 0 Å². The fourth-order valence-electron chi connectivity index (χ4n) is 2.97. The lowest BCUT2D eigenvalue weighted by Gasteiger charge is -2.43. The van der Waals surface area contributed by atoms with E-state index in [-0.39, 0.29) is 5.41 Å². The number of rotatable bonds is 3. The molecule has 4 rings (SSSR count). The molecule has 1 saturated heterocycles. The summed E-state index contributed by atoms with van der Waals surface area (Å²) >= 11 is 1.69. The van der Waals surface area contributed by atoms with E-state index in [0.717, 1.165) is 24.5 Å².